The molecular formula is C18H28N2O2. The van der Waals surface area contributed by atoms with Gasteiger partial charge in [0, 0.05) is 25.7 Å². The van der Waals surface area contributed by atoms with Gasteiger partial charge in [-0.25, -0.2) is 0 Å². The molecule has 1 aliphatic heterocycles. The summed E-state index contributed by atoms with van der Waals surface area (Å²) in [5.74, 6) is -0.292. The van der Waals surface area contributed by atoms with Gasteiger partial charge in [-0.2, -0.15) is 0 Å². The average Bonchev–Trinajstić information content (AvgIpc) is 2.48. The number of hydrogen-bond donors (Lipinski definition) is 1. The second kappa shape index (κ2) is 7.25. The zero-order chi connectivity index (χ0) is 16.3. The van der Waals surface area contributed by atoms with E-state index in [1.807, 2.05) is 12.1 Å². The van der Waals surface area contributed by atoms with E-state index >= 15 is 0 Å². The third-order valence-corrected chi connectivity index (χ3v) is 4.72. The molecule has 4 heteroatoms. The SMILES string of the molecule is CCN1CCN(C(C(=O)O)c2ccc(C(C)C)cc2)CC1C. The van der Waals surface area contributed by atoms with Crippen LogP contribution < -0.4 is 0 Å². The highest BCUT2D eigenvalue weighted by Gasteiger charge is 2.32. The van der Waals surface area contributed by atoms with Crippen molar-refractivity contribution in [2.75, 3.05) is 26.2 Å². The maximum atomic E-state index is 11.8. The predicted molar refractivity (Wildman–Crippen MR) is 89.2 cm³/mol. The highest BCUT2D eigenvalue weighted by Crippen LogP contribution is 2.26. The Morgan fingerprint density at radius 3 is 2.27 bits per heavy atom. The second-order valence-electron chi connectivity index (χ2n) is 6.53. The van der Waals surface area contributed by atoms with Gasteiger partial charge in [0.15, 0.2) is 0 Å². The molecule has 0 aliphatic carbocycles. The minimum absolute atomic E-state index is 0.399. The van der Waals surface area contributed by atoms with Crippen LogP contribution in [-0.2, 0) is 4.79 Å². The first-order chi connectivity index (χ1) is 10.4. The van der Waals surface area contributed by atoms with Crippen molar-refractivity contribution in [2.24, 2.45) is 0 Å². The molecule has 0 radical (unpaired) electrons. The third-order valence-electron chi connectivity index (χ3n) is 4.72. The Bertz CT molecular complexity index is 498. The molecule has 122 valence electrons. The smallest absolute Gasteiger partial charge is 0.325 e. The van der Waals surface area contributed by atoms with Crippen molar-refractivity contribution in [1.82, 2.24) is 9.80 Å². The van der Waals surface area contributed by atoms with Gasteiger partial charge in [0.25, 0.3) is 0 Å². The molecule has 4 nitrogen and oxygen atoms in total. The molecule has 2 unspecified atom stereocenters. The van der Waals surface area contributed by atoms with Gasteiger partial charge in [0.1, 0.15) is 6.04 Å². The molecule has 1 aromatic rings. The van der Waals surface area contributed by atoms with Gasteiger partial charge in [-0.05, 0) is 30.5 Å². The number of hydrogen-bond acceptors (Lipinski definition) is 3. The largest absolute Gasteiger partial charge is 0.480 e. The Morgan fingerprint density at radius 1 is 1.23 bits per heavy atom. The van der Waals surface area contributed by atoms with Crippen LogP contribution in [0.15, 0.2) is 24.3 Å². The van der Waals surface area contributed by atoms with Crippen LogP contribution >= 0.6 is 0 Å². The van der Waals surface area contributed by atoms with Crippen LogP contribution in [0, 0.1) is 0 Å². The Morgan fingerprint density at radius 2 is 1.82 bits per heavy atom. The monoisotopic (exact) mass is 304 g/mol. The lowest BCUT2D eigenvalue weighted by molar-refractivity contribution is -0.144. The molecule has 1 heterocycles. The number of nitrogens with zero attached hydrogens (tertiary/aromatic N) is 2. The normalized spacial score (nSPS) is 22.0. The summed E-state index contributed by atoms with van der Waals surface area (Å²) in [4.78, 5) is 16.3. The van der Waals surface area contributed by atoms with Crippen molar-refractivity contribution in [3.05, 3.63) is 35.4 Å². The van der Waals surface area contributed by atoms with Crippen molar-refractivity contribution in [3.63, 3.8) is 0 Å². The Kier molecular flexibility index (Phi) is 5.59. The summed E-state index contributed by atoms with van der Waals surface area (Å²) in [6.45, 7) is 12.2. The first-order valence-electron chi connectivity index (χ1n) is 8.24. The van der Waals surface area contributed by atoms with E-state index in [1.165, 1.54) is 5.56 Å². The summed E-state index contributed by atoms with van der Waals surface area (Å²) in [6, 6.07) is 7.93. The van der Waals surface area contributed by atoms with Gasteiger partial charge in [-0.1, -0.05) is 45.0 Å². The molecule has 1 aromatic carbocycles. The summed E-state index contributed by atoms with van der Waals surface area (Å²) in [5.41, 5.74) is 2.13. The van der Waals surface area contributed by atoms with Crippen LogP contribution in [0.4, 0.5) is 0 Å². The Hall–Kier alpha value is -1.39. The fraction of sp³-hybridized carbons (Fsp3) is 0.611. The maximum absolute atomic E-state index is 11.8. The third kappa shape index (κ3) is 3.68. The summed E-state index contributed by atoms with van der Waals surface area (Å²) < 4.78 is 0. The first-order valence-corrected chi connectivity index (χ1v) is 8.24. The highest BCUT2D eigenvalue weighted by atomic mass is 16.4. The number of likely N-dealkylation sites (N-methyl/N-ethyl adjacent to an activating group) is 1. The van der Waals surface area contributed by atoms with Crippen LogP contribution in [0.3, 0.4) is 0 Å². The first kappa shape index (κ1) is 17.0. The number of rotatable bonds is 5. The summed E-state index contributed by atoms with van der Waals surface area (Å²) in [7, 11) is 0. The van der Waals surface area contributed by atoms with Crippen molar-refractivity contribution in [1.29, 1.82) is 0 Å². The average molecular weight is 304 g/mol. The van der Waals surface area contributed by atoms with Crippen LogP contribution in [-0.4, -0.2) is 53.1 Å². The summed E-state index contributed by atoms with van der Waals surface area (Å²) >= 11 is 0. The van der Waals surface area contributed by atoms with Crippen LogP contribution in [0.2, 0.25) is 0 Å². The highest BCUT2D eigenvalue weighted by molar-refractivity contribution is 5.75. The molecule has 0 saturated carbocycles. The van der Waals surface area contributed by atoms with Crippen LogP contribution in [0.5, 0.6) is 0 Å². The van der Waals surface area contributed by atoms with Gasteiger partial charge < -0.3 is 5.11 Å². The van der Waals surface area contributed by atoms with E-state index in [9.17, 15) is 9.90 Å². The van der Waals surface area contributed by atoms with E-state index < -0.39 is 12.0 Å². The Labute approximate surface area is 133 Å². The summed E-state index contributed by atoms with van der Waals surface area (Å²) in [6.07, 6.45) is 0. The topological polar surface area (TPSA) is 43.8 Å². The molecule has 1 aliphatic rings. The molecule has 22 heavy (non-hydrogen) atoms. The van der Waals surface area contributed by atoms with Crippen molar-refractivity contribution < 1.29 is 9.90 Å². The predicted octanol–water partition coefficient (Wildman–Crippen LogP) is 2.96. The van der Waals surface area contributed by atoms with Gasteiger partial charge >= 0.3 is 5.97 Å². The maximum Gasteiger partial charge on any atom is 0.325 e. The minimum atomic E-state index is -0.755. The molecule has 0 aromatic heterocycles. The van der Waals surface area contributed by atoms with Gasteiger partial charge in [0.2, 0.25) is 0 Å². The number of carbonyl (C=O) groups is 1. The van der Waals surface area contributed by atoms with E-state index in [4.69, 9.17) is 0 Å². The molecule has 1 saturated heterocycles. The van der Waals surface area contributed by atoms with E-state index in [1.54, 1.807) is 0 Å². The van der Waals surface area contributed by atoms with E-state index in [0.29, 0.717) is 12.0 Å². The number of benzene rings is 1. The molecule has 0 bridgehead atoms. The van der Waals surface area contributed by atoms with Crippen molar-refractivity contribution >= 4 is 5.97 Å². The lowest BCUT2D eigenvalue weighted by Gasteiger charge is -2.41. The zero-order valence-corrected chi connectivity index (χ0v) is 14.1. The molecule has 0 spiro atoms. The lowest BCUT2D eigenvalue weighted by atomic mass is 9.97. The van der Waals surface area contributed by atoms with Crippen LogP contribution in [0.25, 0.3) is 0 Å². The standard InChI is InChI=1S/C18H28N2O2/c1-5-19-10-11-20(12-14(19)4)17(18(21)22)16-8-6-15(7-9-16)13(2)3/h6-9,13-14,17H,5,10-12H2,1-4H3,(H,21,22). The van der Waals surface area contributed by atoms with Gasteiger partial charge in [-0.15, -0.1) is 0 Å². The number of carboxylic acids is 1. The summed E-state index contributed by atoms with van der Waals surface area (Å²) in [5, 5.41) is 9.71. The fourth-order valence-electron chi connectivity index (χ4n) is 3.30. The number of carboxylic acid groups (broad SMARTS) is 1. The molecule has 2 rings (SSSR count). The molecule has 2 atom stereocenters. The second-order valence-corrected chi connectivity index (χ2v) is 6.53. The van der Waals surface area contributed by atoms with Gasteiger partial charge in [-0.3, -0.25) is 14.6 Å². The molecule has 1 N–H and O–H groups in total. The quantitative estimate of drug-likeness (QED) is 0.908. The van der Waals surface area contributed by atoms with E-state index in [-0.39, 0.29) is 0 Å². The van der Waals surface area contributed by atoms with Crippen molar-refractivity contribution in [2.45, 2.75) is 45.7 Å². The minimum Gasteiger partial charge on any atom is -0.480 e. The number of piperazine rings is 1. The molecule has 1 fully saturated rings. The van der Waals surface area contributed by atoms with Crippen LogP contribution in [0.1, 0.15) is 50.8 Å². The van der Waals surface area contributed by atoms with E-state index in [0.717, 1.165) is 31.7 Å². The number of aliphatic carboxylic acids is 1. The zero-order valence-electron chi connectivity index (χ0n) is 14.1. The lowest BCUT2D eigenvalue weighted by Crippen LogP contribution is -2.53. The molecule has 0 amide bonds. The Balaban J connectivity index is 2.18. The fourth-order valence-corrected chi connectivity index (χ4v) is 3.30. The van der Waals surface area contributed by atoms with Gasteiger partial charge in [0.05, 0.1) is 0 Å². The van der Waals surface area contributed by atoms with E-state index in [2.05, 4.69) is 49.6 Å². The van der Waals surface area contributed by atoms with Crippen molar-refractivity contribution in [3.8, 4) is 0 Å². The molecular weight excluding hydrogens is 276 g/mol.